The number of allylic oxidation sites excluding steroid dienone is 1. The number of rotatable bonds is 4. The van der Waals surface area contributed by atoms with Crippen LogP contribution in [0.15, 0.2) is 60.0 Å². The third-order valence-corrected chi connectivity index (χ3v) is 5.38. The van der Waals surface area contributed by atoms with Crippen molar-refractivity contribution in [3.8, 4) is 17.6 Å². The molecule has 144 valence electrons. The van der Waals surface area contributed by atoms with Crippen LogP contribution in [0, 0.1) is 17.2 Å². The Hall–Kier alpha value is -3.21. The Morgan fingerprint density at radius 2 is 1.86 bits per heavy atom. The molecule has 0 spiro atoms. The second-order valence-electron chi connectivity index (χ2n) is 6.77. The zero-order chi connectivity index (χ0) is 19.7. The lowest BCUT2D eigenvalue weighted by Crippen LogP contribution is -2.41. The van der Waals surface area contributed by atoms with Gasteiger partial charge in [0.1, 0.15) is 17.6 Å². The van der Waals surface area contributed by atoms with Crippen LogP contribution in [-0.2, 0) is 4.74 Å². The molecule has 1 saturated heterocycles. The average Bonchev–Trinajstić information content (AvgIpc) is 3.16. The van der Waals surface area contributed by atoms with E-state index < -0.39 is 0 Å². The number of nitrogens with one attached hydrogen (secondary N) is 2. The molecule has 1 fully saturated rings. The second-order valence-corrected chi connectivity index (χ2v) is 6.77. The average molecular weight is 378 g/mol. The van der Waals surface area contributed by atoms with Crippen molar-refractivity contribution in [2.75, 3.05) is 14.2 Å². The Morgan fingerprint density at radius 3 is 2.54 bits per heavy atom. The Bertz CT molecular complexity index is 938. The van der Waals surface area contributed by atoms with E-state index in [9.17, 15) is 5.26 Å². The molecule has 0 aliphatic carbocycles. The summed E-state index contributed by atoms with van der Waals surface area (Å²) in [4.78, 5) is 0. The molecule has 28 heavy (non-hydrogen) atoms. The van der Waals surface area contributed by atoms with Crippen molar-refractivity contribution in [2.24, 2.45) is 11.7 Å². The fraction of sp³-hybridized carbons (Fsp3) is 0.286. The smallest absolute Gasteiger partial charge is 0.200 e. The summed E-state index contributed by atoms with van der Waals surface area (Å²) in [7, 11) is 3.22. The zero-order valence-electron chi connectivity index (χ0n) is 15.7. The SMILES string of the molecule is COc1ccc(OC)c(C2C(C#N)=C(N)OC3NNC(c4ccccc4)C32)c1. The van der Waals surface area contributed by atoms with Crippen molar-refractivity contribution in [3.05, 3.63) is 71.1 Å². The summed E-state index contributed by atoms with van der Waals surface area (Å²) in [5.74, 6) is 1.03. The lowest BCUT2D eigenvalue weighted by atomic mass is 9.74. The number of fused-ring (bicyclic) bond motifs is 1. The first-order valence-electron chi connectivity index (χ1n) is 9.02. The highest BCUT2D eigenvalue weighted by molar-refractivity contribution is 5.51. The van der Waals surface area contributed by atoms with E-state index in [0.717, 1.165) is 11.1 Å². The molecule has 0 amide bonds. The van der Waals surface area contributed by atoms with Gasteiger partial charge in [-0.15, -0.1) is 0 Å². The molecule has 4 atom stereocenters. The van der Waals surface area contributed by atoms with Crippen molar-refractivity contribution in [1.82, 2.24) is 10.9 Å². The third kappa shape index (κ3) is 2.93. The summed E-state index contributed by atoms with van der Waals surface area (Å²) in [5.41, 5.74) is 14.9. The van der Waals surface area contributed by atoms with Gasteiger partial charge in [0.05, 0.1) is 25.8 Å². The maximum Gasteiger partial charge on any atom is 0.200 e. The van der Waals surface area contributed by atoms with E-state index in [2.05, 4.69) is 29.1 Å². The van der Waals surface area contributed by atoms with E-state index in [1.807, 2.05) is 36.4 Å². The van der Waals surface area contributed by atoms with E-state index in [0.29, 0.717) is 17.1 Å². The van der Waals surface area contributed by atoms with Gasteiger partial charge >= 0.3 is 0 Å². The van der Waals surface area contributed by atoms with Gasteiger partial charge in [-0.2, -0.15) is 5.26 Å². The summed E-state index contributed by atoms with van der Waals surface area (Å²) < 4.78 is 16.9. The fourth-order valence-corrected chi connectivity index (χ4v) is 4.10. The topological polar surface area (TPSA) is 102 Å². The van der Waals surface area contributed by atoms with Gasteiger partial charge in [-0.05, 0) is 23.8 Å². The van der Waals surface area contributed by atoms with Gasteiger partial charge in [-0.25, -0.2) is 10.9 Å². The molecule has 2 aliphatic heterocycles. The van der Waals surface area contributed by atoms with Crippen LogP contribution in [0.3, 0.4) is 0 Å². The Balaban J connectivity index is 1.88. The molecule has 7 nitrogen and oxygen atoms in total. The van der Waals surface area contributed by atoms with Gasteiger partial charge in [0.2, 0.25) is 5.88 Å². The minimum atomic E-state index is -0.386. The van der Waals surface area contributed by atoms with Gasteiger partial charge < -0.3 is 19.9 Å². The van der Waals surface area contributed by atoms with Crippen molar-refractivity contribution in [2.45, 2.75) is 18.2 Å². The highest BCUT2D eigenvalue weighted by Gasteiger charge is 2.50. The summed E-state index contributed by atoms with van der Waals surface area (Å²) in [6, 6.07) is 17.8. The predicted molar refractivity (Wildman–Crippen MR) is 103 cm³/mol. The molecular formula is C21H22N4O3. The molecule has 2 heterocycles. The molecule has 2 aromatic rings. The molecule has 0 radical (unpaired) electrons. The van der Waals surface area contributed by atoms with Crippen LogP contribution in [0.5, 0.6) is 11.5 Å². The highest BCUT2D eigenvalue weighted by Crippen LogP contribution is 2.49. The lowest BCUT2D eigenvalue weighted by molar-refractivity contribution is 0.0337. The van der Waals surface area contributed by atoms with E-state index in [1.165, 1.54) is 0 Å². The lowest BCUT2D eigenvalue weighted by Gasteiger charge is -2.36. The molecule has 0 saturated carbocycles. The normalized spacial score (nSPS) is 26.2. The maximum absolute atomic E-state index is 9.88. The zero-order valence-corrected chi connectivity index (χ0v) is 15.7. The van der Waals surface area contributed by atoms with Crippen molar-refractivity contribution < 1.29 is 14.2 Å². The van der Waals surface area contributed by atoms with Gasteiger partial charge in [-0.3, -0.25) is 0 Å². The summed E-state index contributed by atoms with van der Waals surface area (Å²) >= 11 is 0. The molecule has 0 aromatic heterocycles. The Kier molecular flexibility index (Phi) is 4.82. The van der Waals surface area contributed by atoms with Crippen LogP contribution in [0.25, 0.3) is 0 Å². The standard InChI is InChI=1S/C21H22N4O3/c1-26-13-8-9-16(27-2)14(10-13)17-15(11-22)20(23)28-21-18(17)19(24-25-21)12-6-4-3-5-7-12/h3-10,17-19,21,24-25H,23H2,1-2H3. The van der Waals surface area contributed by atoms with Crippen LogP contribution in [0.1, 0.15) is 23.1 Å². The molecule has 4 unspecified atom stereocenters. The molecule has 0 bridgehead atoms. The number of ether oxygens (including phenoxy) is 3. The first kappa shape index (κ1) is 18.2. The highest BCUT2D eigenvalue weighted by atomic mass is 16.5. The summed E-state index contributed by atoms with van der Waals surface area (Å²) in [6.45, 7) is 0. The first-order chi connectivity index (χ1) is 13.7. The van der Waals surface area contributed by atoms with E-state index in [1.54, 1.807) is 14.2 Å². The van der Waals surface area contributed by atoms with Crippen LogP contribution >= 0.6 is 0 Å². The monoisotopic (exact) mass is 378 g/mol. The molecule has 4 N–H and O–H groups in total. The van der Waals surface area contributed by atoms with Gasteiger partial charge in [-0.1, -0.05) is 30.3 Å². The number of methoxy groups -OCH3 is 2. The number of hydrogen-bond acceptors (Lipinski definition) is 7. The van der Waals surface area contributed by atoms with Gasteiger partial charge in [0.25, 0.3) is 0 Å². The van der Waals surface area contributed by atoms with Crippen molar-refractivity contribution >= 4 is 0 Å². The van der Waals surface area contributed by atoms with Crippen LogP contribution in [0.2, 0.25) is 0 Å². The Labute approximate surface area is 163 Å². The predicted octanol–water partition coefficient (Wildman–Crippen LogP) is 2.30. The minimum absolute atomic E-state index is 0.0800. The minimum Gasteiger partial charge on any atom is -0.497 e. The van der Waals surface area contributed by atoms with Crippen LogP contribution in [0.4, 0.5) is 0 Å². The van der Waals surface area contributed by atoms with Crippen molar-refractivity contribution in [3.63, 3.8) is 0 Å². The summed E-state index contributed by atoms with van der Waals surface area (Å²) in [5, 5.41) is 9.88. The van der Waals surface area contributed by atoms with Crippen LogP contribution < -0.4 is 26.1 Å². The maximum atomic E-state index is 9.88. The second kappa shape index (κ2) is 7.43. The number of hydrazine groups is 1. The molecule has 2 aliphatic rings. The molecule has 7 heteroatoms. The third-order valence-electron chi connectivity index (χ3n) is 5.38. The number of nitrogens with zero attached hydrogens (tertiary/aromatic N) is 1. The van der Waals surface area contributed by atoms with Crippen molar-refractivity contribution in [1.29, 1.82) is 5.26 Å². The fourth-order valence-electron chi connectivity index (χ4n) is 4.10. The summed E-state index contributed by atoms with van der Waals surface area (Å²) in [6.07, 6.45) is -0.386. The molecular weight excluding hydrogens is 356 g/mol. The first-order valence-corrected chi connectivity index (χ1v) is 9.02. The van der Waals surface area contributed by atoms with Crippen LogP contribution in [-0.4, -0.2) is 20.4 Å². The quantitative estimate of drug-likeness (QED) is 0.750. The number of nitriles is 1. The molecule has 4 rings (SSSR count). The number of benzene rings is 2. The molecule has 2 aromatic carbocycles. The van der Waals surface area contributed by atoms with E-state index in [4.69, 9.17) is 19.9 Å². The van der Waals surface area contributed by atoms with E-state index in [-0.39, 0.29) is 30.0 Å². The number of hydrogen-bond donors (Lipinski definition) is 3. The number of nitrogens with two attached hydrogens (primary N) is 1. The Morgan fingerprint density at radius 1 is 1.07 bits per heavy atom. The largest absolute Gasteiger partial charge is 0.497 e. The van der Waals surface area contributed by atoms with Gasteiger partial charge in [0, 0.05) is 17.4 Å². The van der Waals surface area contributed by atoms with Gasteiger partial charge in [0.15, 0.2) is 6.23 Å². The van der Waals surface area contributed by atoms with E-state index >= 15 is 0 Å².